The first-order valence-corrected chi connectivity index (χ1v) is 6.89. The van der Waals surface area contributed by atoms with Gasteiger partial charge in [0.05, 0.1) is 0 Å². The van der Waals surface area contributed by atoms with Gasteiger partial charge in [0.1, 0.15) is 0 Å². The van der Waals surface area contributed by atoms with Gasteiger partial charge in [-0.25, -0.2) is 0 Å². The third kappa shape index (κ3) is 6.98. The second kappa shape index (κ2) is 7.30. The zero-order chi connectivity index (χ0) is 11.9. The predicted molar refractivity (Wildman–Crippen MR) is 71.2 cm³/mol. The monoisotopic (exact) mass is 212 g/mol. The van der Waals surface area contributed by atoms with Crippen molar-refractivity contribution in [2.75, 3.05) is 0 Å². The van der Waals surface area contributed by atoms with Crippen LogP contribution in [0, 0.1) is 17.3 Å². The van der Waals surface area contributed by atoms with Crippen molar-refractivity contribution in [3.63, 3.8) is 0 Å². The van der Waals surface area contributed by atoms with Gasteiger partial charge >= 0.3 is 0 Å². The Labute approximate surface area is 97.8 Å². The van der Waals surface area contributed by atoms with Gasteiger partial charge in [-0.15, -0.1) is 0 Å². The maximum absolute atomic E-state index is 2.39. The minimum Gasteiger partial charge on any atom is -0.0654 e. The SMILES string of the molecule is CCCCCCCC(C(C)C)C(C)(C)C. The third-order valence-electron chi connectivity index (χ3n) is 3.54. The molecular weight excluding hydrogens is 180 g/mol. The molecule has 92 valence electrons. The minimum atomic E-state index is 0.485. The molecule has 0 rings (SSSR count). The summed E-state index contributed by atoms with van der Waals surface area (Å²) in [5.74, 6) is 1.72. The molecule has 0 aliphatic rings. The van der Waals surface area contributed by atoms with Crippen molar-refractivity contribution in [1.29, 1.82) is 0 Å². The van der Waals surface area contributed by atoms with Crippen molar-refractivity contribution in [3.05, 3.63) is 0 Å². The van der Waals surface area contributed by atoms with Gasteiger partial charge in [-0.3, -0.25) is 0 Å². The molecule has 0 aromatic rings. The lowest BCUT2D eigenvalue weighted by atomic mass is 9.72. The Morgan fingerprint density at radius 2 is 1.40 bits per heavy atom. The van der Waals surface area contributed by atoms with Crippen LogP contribution in [-0.4, -0.2) is 0 Å². The summed E-state index contributed by atoms with van der Waals surface area (Å²) in [6, 6.07) is 0. The number of hydrogen-bond donors (Lipinski definition) is 0. The van der Waals surface area contributed by atoms with Gasteiger partial charge in [0.15, 0.2) is 0 Å². The molecule has 0 radical (unpaired) electrons. The highest BCUT2D eigenvalue weighted by molar-refractivity contribution is 4.76. The smallest absolute Gasteiger partial charge is 0.0342 e. The van der Waals surface area contributed by atoms with Crippen molar-refractivity contribution in [3.8, 4) is 0 Å². The van der Waals surface area contributed by atoms with E-state index in [4.69, 9.17) is 0 Å². The molecule has 0 aromatic heterocycles. The first-order chi connectivity index (χ1) is 6.89. The topological polar surface area (TPSA) is 0 Å². The fraction of sp³-hybridized carbons (Fsp3) is 1.00. The van der Waals surface area contributed by atoms with Crippen LogP contribution in [0.2, 0.25) is 0 Å². The summed E-state index contributed by atoms with van der Waals surface area (Å²) >= 11 is 0. The van der Waals surface area contributed by atoms with Gasteiger partial charge in [0.2, 0.25) is 0 Å². The summed E-state index contributed by atoms with van der Waals surface area (Å²) in [5, 5.41) is 0. The zero-order valence-corrected chi connectivity index (χ0v) is 11.9. The summed E-state index contributed by atoms with van der Waals surface area (Å²) in [4.78, 5) is 0. The van der Waals surface area contributed by atoms with E-state index in [2.05, 4.69) is 41.5 Å². The van der Waals surface area contributed by atoms with Crippen LogP contribution in [0.3, 0.4) is 0 Å². The highest BCUT2D eigenvalue weighted by atomic mass is 14.3. The minimum absolute atomic E-state index is 0.485. The molecule has 0 heteroatoms. The lowest BCUT2D eigenvalue weighted by Crippen LogP contribution is -2.25. The lowest BCUT2D eigenvalue weighted by Gasteiger charge is -2.34. The highest BCUT2D eigenvalue weighted by Crippen LogP contribution is 2.35. The molecule has 0 bridgehead atoms. The van der Waals surface area contributed by atoms with Gasteiger partial charge in [0, 0.05) is 0 Å². The van der Waals surface area contributed by atoms with Crippen molar-refractivity contribution in [1.82, 2.24) is 0 Å². The molecule has 0 nitrogen and oxygen atoms in total. The molecule has 0 heterocycles. The maximum Gasteiger partial charge on any atom is -0.0342 e. The van der Waals surface area contributed by atoms with Gasteiger partial charge in [-0.2, -0.15) is 0 Å². The van der Waals surface area contributed by atoms with Crippen LogP contribution < -0.4 is 0 Å². The molecule has 0 amide bonds. The average molecular weight is 212 g/mol. The van der Waals surface area contributed by atoms with Gasteiger partial charge < -0.3 is 0 Å². The first-order valence-electron chi connectivity index (χ1n) is 6.89. The zero-order valence-electron chi connectivity index (χ0n) is 11.9. The van der Waals surface area contributed by atoms with Crippen LogP contribution in [0.25, 0.3) is 0 Å². The van der Waals surface area contributed by atoms with Crippen LogP contribution in [0.4, 0.5) is 0 Å². The molecule has 0 spiro atoms. The van der Waals surface area contributed by atoms with Crippen molar-refractivity contribution in [2.45, 2.75) is 80.1 Å². The summed E-state index contributed by atoms with van der Waals surface area (Å²) in [5.41, 5.74) is 0.485. The Kier molecular flexibility index (Phi) is 7.30. The molecule has 15 heavy (non-hydrogen) atoms. The molecule has 1 atom stereocenters. The molecule has 0 saturated heterocycles. The molecule has 0 aliphatic carbocycles. The van der Waals surface area contributed by atoms with E-state index in [1.165, 1.54) is 38.5 Å². The molecule has 0 aromatic carbocycles. The van der Waals surface area contributed by atoms with E-state index in [0.717, 1.165) is 11.8 Å². The Morgan fingerprint density at radius 3 is 1.80 bits per heavy atom. The second-order valence-corrected chi connectivity index (χ2v) is 6.42. The van der Waals surface area contributed by atoms with Crippen LogP contribution in [0.5, 0.6) is 0 Å². The largest absolute Gasteiger partial charge is 0.0654 e. The summed E-state index contributed by atoms with van der Waals surface area (Å²) < 4.78 is 0. The normalized spacial score (nSPS) is 14.6. The van der Waals surface area contributed by atoms with Gasteiger partial charge in [-0.05, 0) is 23.7 Å². The Balaban J connectivity index is 3.78. The number of rotatable bonds is 7. The van der Waals surface area contributed by atoms with Crippen molar-refractivity contribution in [2.24, 2.45) is 17.3 Å². The Hall–Kier alpha value is 0. The summed E-state index contributed by atoms with van der Waals surface area (Å²) in [6.07, 6.45) is 8.50. The standard InChI is InChI=1S/C15H32/c1-7-8-9-10-11-12-14(13(2)3)15(4,5)6/h13-14H,7-12H2,1-6H3. The van der Waals surface area contributed by atoms with Crippen LogP contribution in [-0.2, 0) is 0 Å². The second-order valence-electron chi connectivity index (χ2n) is 6.42. The molecule has 1 unspecified atom stereocenters. The summed E-state index contributed by atoms with van der Waals surface area (Å²) in [7, 11) is 0. The van der Waals surface area contributed by atoms with E-state index in [1.807, 2.05) is 0 Å². The lowest BCUT2D eigenvalue weighted by molar-refractivity contribution is 0.161. The summed E-state index contributed by atoms with van der Waals surface area (Å²) in [6.45, 7) is 14.2. The first kappa shape index (κ1) is 15.0. The third-order valence-corrected chi connectivity index (χ3v) is 3.54. The van der Waals surface area contributed by atoms with Crippen molar-refractivity contribution < 1.29 is 0 Å². The van der Waals surface area contributed by atoms with E-state index in [9.17, 15) is 0 Å². The molecular formula is C15H32. The Morgan fingerprint density at radius 1 is 0.867 bits per heavy atom. The number of hydrogen-bond acceptors (Lipinski definition) is 0. The Bertz CT molecular complexity index is 139. The van der Waals surface area contributed by atoms with Crippen LogP contribution in [0.1, 0.15) is 80.1 Å². The number of unbranched alkanes of at least 4 members (excludes halogenated alkanes) is 4. The fourth-order valence-corrected chi connectivity index (χ4v) is 2.73. The van der Waals surface area contributed by atoms with E-state index in [0.29, 0.717) is 5.41 Å². The van der Waals surface area contributed by atoms with Crippen LogP contribution in [0.15, 0.2) is 0 Å². The van der Waals surface area contributed by atoms with E-state index < -0.39 is 0 Å². The fourth-order valence-electron chi connectivity index (χ4n) is 2.73. The van der Waals surface area contributed by atoms with E-state index >= 15 is 0 Å². The molecule has 0 saturated carbocycles. The van der Waals surface area contributed by atoms with Gasteiger partial charge in [0.25, 0.3) is 0 Å². The van der Waals surface area contributed by atoms with E-state index in [1.54, 1.807) is 0 Å². The molecule has 0 fully saturated rings. The van der Waals surface area contributed by atoms with E-state index in [-0.39, 0.29) is 0 Å². The molecule has 0 aliphatic heterocycles. The highest BCUT2D eigenvalue weighted by Gasteiger charge is 2.26. The predicted octanol–water partition coefficient (Wildman–Crippen LogP) is 5.67. The average Bonchev–Trinajstić information content (AvgIpc) is 2.08. The van der Waals surface area contributed by atoms with Crippen molar-refractivity contribution >= 4 is 0 Å². The quantitative estimate of drug-likeness (QED) is 0.477. The van der Waals surface area contributed by atoms with Gasteiger partial charge in [-0.1, -0.05) is 73.6 Å². The maximum atomic E-state index is 2.39. The molecule has 0 N–H and O–H groups in total. The van der Waals surface area contributed by atoms with Crippen LogP contribution >= 0.6 is 0 Å².